The summed E-state index contributed by atoms with van der Waals surface area (Å²) in [4.78, 5) is 14.1. The second-order valence-corrected chi connectivity index (χ2v) is 4.35. The molecule has 0 spiro atoms. The summed E-state index contributed by atoms with van der Waals surface area (Å²) in [7, 11) is 0. The van der Waals surface area contributed by atoms with E-state index in [2.05, 4.69) is 10.3 Å². The number of non-ortho nitro benzene ring substituents is 1. The van der Waals surface area contributed by atoms with Crippen molar-refractivity contribution in [3.8, 4) is 0 Å². The molecule has 100 valence electrons. The molecule has 0 atom stereocenters. The van der Waals surface area contributed by atoms with Crippen molar-refractivity contribution in [2.45, 2.75) is 13.3 Å². The van der Waals surface area contributed by atoms with Crippen molar-refractivity contribution < 1.29 is 9.34 Å². The van der Waals surface area contributed by atoms with Crippen molar-refractivity contribution in [3.63, 3.8) is 0 Å². The number of aromatic nitrogens is 1. The van der Waals surface area contributed by atoms with E-state index < -0.39 is 4.92 Å². The minimum Gasteiger partial charge on any atom is -0.446 e. The predicted octanol–water partition coefficient (Wildman–Crippen LogP) is 3.20. The summed E-state index contributed by atoms with van der Waals surface area (Å²) in [5.74, 6) is 1.41. The Labute approximate surface area is 114 Å². The SMILES string of the molecule is Cc1ncc(CCNc2ccc([N+](=O)[O-])cc2Cl)o1. The Hall–Kier alpha value is -2.08. The smallest absolute Gasteiger partial charge is 0.271 e. The predicted molar refractivity (Wildman–Crippen MR) is 71.5 cm³/mol. The van der Waals surface area contributed by atoms with E-state index in [-0.39, 0.29) is 5.69 Å². The average molecular weight is 282 g/mol. The zero-order chi connectivity index (χ0) is 13.8. The van der Waals surface area contributed by atoms with Gasteiger partial charge < -0.3 is 9.73 Å². The number of oxazole rings is 1. The van der Waals surface area contributed by atoms with Crippen LogP contribution in [-0.2, 0) is 6.42 Å². The maximum Gasteiger partial charge on any atom is 0.271 e. The van der Waals surface area contributed by atoms with Crippen LogP contribution in [0.2, 0.25) is 5.02 Å². The Morgan fingerprint density at radius 1 is 1.53 bits per heavy atom. The molecular formula is C12H12ClN3O3. The van der Waals surface area contributed by atoms with Crippen LogP contribution in [0.1, 0.15) is 11.7 Å². The van der Waals surface area contributed by atoms with Gasteiger partial charge in [0.05, 0.1) is 21.8 Å². The van der Waals surface area contributed by atoms with Gasteiger partial charge in [-0.25, -0.2) is 4.98 Å². The summed E-state index contributed by atoms with van der Waals surface area (Å²) in [6.45, 7) is 2.39. The first kappa shape index (κ1) is 13.4. The number of hydrogen-bond acceptors (Lipinski definition) is 5. The molecule has 0 aliphatic heterocycles. The fourth-order valence-electron chi connectivity index (χ4n) is 1.60. The van der Waals surface area contributed by atoms with Gasteiger partial charge in [0.1, 0.15) is 5.76 Å². The largest absolute Gasteiger partial charge is 0.446 e. The number of nitrogens with one attached hydrogen (secondary N) is 1. The Bertz CT molecular complexity index is 598. The van der Waals surface area contributed by atoms with E-state index in [9.17, 15) is 10.1 Å². The minimum atomic E-state index is -0.479. The number of halogens is 1. The number of aryl methyl sites for hydroxylation is 1. The van der Waals surface area contributed by atoms with E-state index in [1.165, 1.54) is 12.1 Å². The molecule has 0 saturated carbocycles. The Balaban J connectivity index is 1.94. The molecule has 0 fully saturated rings. The number of nitro benzene ring substituents is 1. The minimum absolute atomic E-state index is 0.0265. The van der Waals surface area contributed by atoms with Crippen molar-refractivity contribution in [3.05, 3.63) is 51.2 Å². The molecule has 0 aliphatic rings. The van der Waals surface area contributed by atoms with Crippen molar-refractivity contribution in [1.82, 2.24) is 4.98 Å². The standard InChI is InChI=1S/C12H12ClN3O3/c1-8-15-7-10(19-8)4-5-14-12-3-2-9(16(17)18)6-11(12)13/h2-3,6-7,14H,4-5H2,1H3. The van der Waals surface area contributed by atoms with Crippen LogP contribution in [0.5, 0.6) is 0 Å². The van der Waals surface area contributed by atoms with Gasteiger partial charge in [0, 0.05) is 32.0 Å². The van der Waals surface area contributed by atoms with Gasteiger partial charge >= 0.3 is 0 Å². The highest BCUT2D eigenvalue weighted by Crippen LogP contribution is 2.26. The lowest BCUT2D eigenvalue weighted by Crippen LogP contribution is -2.04. The van der Waals surface area contributed by atoms with E-state index in [1.807, 2.05) is 0 Å². The molecular weight excluding hydrogens is 270 g/mol. The van der Waals surface area contributed by atoms with Crippen LogP contribution >= 0.6 is 11.6 Å². The lowest BCUT2D eigenvalue weighted by Gasteiger charge is -2.06. The molecule has 1 heterocycles. The van der Waals surface area contributed by atoms with Crippen LogP contribution in [0.25, 0.3) is 0 Å². The number of nitro groups is 1. The molecule has 0 amide bonds. The van der Waals surface area contributed by atoms with Crippen molar-refractivity contribution in [2.24, 2.45) is 0 Å². The van der Waals surface area contributed by atoms with E-state index in [1.54, 1.807) is 19.2 Å². The van der Waals surface area contributed by atoms with Crippen LogP contribution in [0, 0.1) is 17.0 Å². The molecule has 0 saturated heterocycles. The Kier molecular flexibility index (Phi) is 4.01. The third kappa shape index (κ3) is 3.45. The second-order valence-electron chi connectivity index (χ2n) is 3.94. The van der Waals surface area contributed by atoms with Gasteiger partial charge in [-0.05, 0) is 6.07 Å². The summed E-state index contributed by atoms with van der Waals surface area (Å²) < 4.78 is 5.33. The van der Waals surface area contributed by atoms with E-state index >= 15 is 0 Å². The van der Waals surface area contributed by atoms with Crippen LogP contribution in [0.4, 0.5) is 11.4 Å². The quantitative estimate of drug-likeness (QED) is 0.672. The first-order chi connectivity index (χ1) is 9.06. The number of benzene rings is 1. The van der Waals surface area contributed by atoms with Gasteiger partial charge in [-0.3, -0.25) is 10.1 Å². The Morgan fingerprint density at radius 3 is 2.89 bits per heavy atom. The molecule has 2 rings (SSSR count). The molecule has 6 nitrogen and oxygen atoms in total. The molecule has 0 bridgehead atoms. The monoisotopic (exact) mass is 281 g/mol. The number of rotatable bonds is 5. The number of anilines is 1. The number of nitrogens with zero attached hydrogens (tertiary/aromatic N) is 2. The summed E-state index contributed by atoms with van der Waals surface area (Å²) in [5.41, 5.74) is 0.630. The van der Waals surface area contributed by atoms with Crippen LogP contribution < -0.4 is 5.32 Å². The summed E-state index contributed by atoms with van der Waals surface area (Å²) >= 11 is 5.96. The third-order valence-electron chi connectivity index (χ3n) is 2.52. The lowest BCUT2D eigenvalue weighted by atomic mass is 10.2. The first-order valence-electron chi connectivity index (χ1n) is 5.65. The van der Waals surface area contributed by atoms with Crippen LogP contribution in [0.15, 0.2) is 28.8 Å². The highest BCUT2D eigenvalue weighted by molar-refractivity contribution is 6.33. The van der Waals surface area contributed by atoms with Gasteiger partial charge in [0.2, 0.25) is 0 Å². The topological polar surface area (TPSA) is 81.2 Å². The molecule has 7 heteroatoms. The van der Waals surface area contributed by atoms with Crippen molar-refractivity contribution in [1.29, 1.82) is 0 Å². The second kappa shape index (κ2) is 5.71. The van der Waals surface area contributed by atoms with Crippen molar-refractivity contribution in [2.75, 3.05) is 11.9 Å². The van der Waals surface area contributed by atoms with Gasteiger partial charge in [-0.15, -0.1) is 0 Å². The lowest BCUT2D eigenvalue weighted by molar-refractivity contribution is -0.384. The van der Waals surface area contributed by atoms with Crippen molar-refractivity contribution >= 4 is 23.0 Å². The van der Waals surface area contributed by atoms with E-state index in [0.717, 1.165) is 5.76 Å². The molecule has 1 aromatic carbocycles. The Morgan fingerprint density at radius 2 is 2.32 bits per heavy atom. The van der Waals surface area contributed by atoms with Crippen LogP contribution in [-0.4, -0.2) is 16.5 Å². The zero-order valence-electron chi connectivity index (χ0n) is 10.2. The highest BCUT2D eigenvalue weighted by atomic mass is 35.5. The normalized spacial score (nSPS) is 10.4. The van der Waals surface area contributed by atoms with Gasteiger partial charge in [-0.2, -0.15) is 0 Å². The van der Waals surface area contributed by atoms with Gasteiger partial charge in [0.25, 0.3) is 5.69 Å². The van der Waals surface area contributed by atoms with Gasteiger partial charge in [-0.1, -0.05) is 11.6 Å². The molecule has 0 aliphatic carbocycles. The summed E-state index contributed by atoms with van der Waals surface area (Å²) in [6.07, 6.45) is 2.34. The highest BCUT2D eigenvalue weighted by Gasteiger charge is 2.09. The average Bonchev–Trinajstić information content (AvgIpc) is 2.77. The van der Waals surface area contributed by atoms with E-state index in [4.69, 9.17) is 16.0 Å². The zero-order valence-corrected chi connectivity index (χ0v) is 11.0. The summed E-state index contributed by atoms with van der Waals surface area (Å²) in [5, 5.41) is 14.0. The number of hydrogen-bond donors (Lipinski definition) is 1. The third-order valence-corrected chi connectivity index (χ3v) is 2.83. The van der Waals surface area contributed by atoms with E-state index in [0.29, 0.717) is 29.6 Å². The fourth-order valence-corrected chi connectivity index (χ4v) is 1.84. The molecule has 0 radical (unpaired) electrons. The maximum atomic E-state index is 10.6. The fraction of sp³-hybridized carbons (Fsp3) is 0.250. The molecule has 1 aromatic heterocycles. The maximum absolute atomic E-state index is 10.6. The molecule has 19 heavy (non-hydrogen) atoms. The summed E-state index contributed by atoms with van der Waals surface area (Å²) in [6, 6.07) is 4.32. The first-order valence-corrected chi connectivity index (χ1v) is 6.03. The molecule has 1 N–H and O–H groups in total. The van der Waals surface area contributed by atoms with Crippen LogP contribution in [0.3, 0.4) is 0 Å². The molecule has 2 aromatic rings. The van der Waals surface area contributed by atoms with Gasteiger partial charge in [0.15, 0.2) is 5.89 Å². The molecule has 0 unspecified atom stereocenters.